The van der Waals surface area contributed by atoms with Crippen LogP contribution in [0.3, 0.4) is 0 Å². The zero-order valence-electron chi connectivity index (χ0n) is 21.2. The highest BCUT2D eigenvalue weighted by Gasteiger charge is 2.20. The van der Waals surface area contributed by atoms with Gasteiger partial charge < -0.3 is 4.57 Å². The van der Waals surface area contributed by atoms with Crippen LogP contribution in [0.5, 0.6) is 0 Å². The quantitative estimate of drug-likeness (QED) is 0.184. The first-order valence-corrected chi connectivity index (χ1v) is 13.9. The van der Waals surface area contributed by atoms with Gasteiger partial charge in [0.15, 0.2) is 17.5 Å². The molecule has 5 nitrogen and oxygen atoms in total. The van der Waals surface area contributed by atoms with Crippen molar-refractivity contribution in [2.75, 3.05) is 0 Å². The van der Waals surface area contributed by atoms with Crippen molar-refractivity contribution in [3.63, 3.8) is 0 Å². The van der Waals surface area contributed by atoms with Crippen molar-refractivity contribution >= 4 is 44.4 Å². The van der Waals surface area contributed by atoms with Crippen LogP contribution in [0, 0.1) is 14.9 Å². The number of rotatable bonds is 4. The van der Waals surface area contributed by atoms with Crippen molar-refractivity contribution in [2.24, 2.45) is 0 Å². The Bertz CT molecular complexity index is 2020. The monoisotopic (exact) mass is 625 g/mol. The second-order valence-corrected chi connectivity index (χ2v) is 10.6. The second kappa shape index (κ2) is 10.0. The fourth-order valence-electron chi connectivity index (χ4n) is 5.11. The lowest BCUT2D eigenvalue weighted by atomic mass is 10.1. The van der Waals surface area contributed by atoms with Crippen LogP contribution < -0.4 is 0 Å². The Hall–Kier alpha value is -4.87. The molecule has 6 heteroatoms. The van der Waals surface area contributed by atoms with Crippen molar-refractivity contribution in [1.82, 2.24) is 19.5 Å². The summed E-state index contributed by atoms with van der Waals surface area (Å²) >= 11 is 2.36. The van der Waals surface area contributed by atoms with E-state index in [0.717, 1.165) is 38.8 Å². The summed E-state index contributed by atoms with van der Waals surface area (Å²) in [5.74, 6) is 1.67. The van der Waals surface area contributed by atoms with Crippen LogP contribution in [0.4, 0.5) is 0 Å². The van der Waals surface area contributed by atoms with E-state index in [0.29, 0.717) is 23.0 Å². The van der Waals surface area contributed by atoms with Crippen LogP contribution in [0.25, 0.3) is 61.7 Å². The maximum absolute atomic E-state index is 9.86. The summed E-state index contributed by atoms with van der Waals surface area (Å²) in [7, 11) is 0. The first kappa shape index (κ1) is 24.2. The number of aromatic nitrogens is 4. The molecule has 0 amide bonds. The van der Waals surface area contributed by atoms with Gasteiger partial charge in [-0.15, -0.1) is 0 Å². The molecule has 7 rings (SSSR count). The third kappa shape index (κ3) is 4.21. The molecule has 0 aliphatic heterocycles. The highest BCUT2D eigenvalue weighted by atomic mass is 127. The van der Waals surface area contributed by atoms with Crippen molar-refractivity contribution in [3.8, 4) is 45.9 Å². The van der Waals surface area contributed by atoms with E-state index in [1.165, 1.54) is 8.96 Å². The highest BCUT2D eigenvalue weighted by molar-refractivity contribution is 14.1. The fourth-order valence-corrected chi connectivity index (χ4v) is 5.60. The Balaban J connectivity index is 1.56. The summed E-state index contributed by atoms with van der Waals surface area (Å²) in [4.78, 5) is 14.8. The zero-order valence-corrected chi connectivity index (χ0v) is 23.3. The molecular weight excluding hydrogens is 605 g/mol. The van der Waals surface area contributed by atoms with Crippen molar-refractivity contribution in [3.05, 3.63) is 130 Å². The summed E-state index contributed by atoms with van der Waals surface area (Å²) in [5, 5.41) is 12.2. The Kier molecular flexibility index (Phi) is 6.06. The lowest BCUT2D eigenvalue weighted by Crippen LogP contribution is -2.04. The maximum Gasteiger partial charge on any atom is 0.166 e. The van der Waals surface area contributed by atoms with Crippen molar-refractivity contribution < 1.29 is 0 Å². The normalized spacial score (nSPS) is 11.1. The minimum Gasteiger partial charge on any atom is -0.308 e. The molecule has 7 aromatic rings. The van der Waals surface area contributed by atoms with Gasteiger partial charge in [-0.05, 0) is 65.1 Å². The molecule has 0 spiro atoms. The summed E-state index contributed by atoms with van der Waals surface area (Å²) in [6.45, 7) is 0. The largest absolute Gasteiger partial charge is 0.308 e. The molecule has 0 aliphatic carbocycles. The Morgan fingerprint density at radius 1 is 0.575 bits per heavy atom. The maximum atomic E-state index is 9.86. The van der Waals surface area contributed by atoms with E-state index in [4.69, 9.17) is 15.0 Å². The number of benzene rings is 5. The third-order valence-corrected chi connectivity index (χ3v) is 7.61. The van der Waals surface area contributed by atoms with Crippen LogP contribution in [0.15, 0.2) is 121 Å². The lowest BCUT2D eigenvalue weighted by Gasteiger charge is -2.15. The summed E-state index contributed by atoms with van der Waals surface area (Å²) in [6, 6.07) is 42.7. The van der Waals surface area contributed by atoms with Gasteiger partial charge in [0.2, 0.25) is 0 Å². The van der Waals surface area contributed by atoms with Crippen molar-refractivity contribution in [1.29, 1.82) is 5.26 Å². The topological polar surface area (TPSA) is 67.4 Å². The van der Waals surface area contributed by atoms with Crippen LogP contribution in [-0.4, -0.2) is 19.5 Å². The number of para-hydroxylation sites is 1. The number of fused-ring (bicyclic) bond motifs is 3. The van der Waals surface area contributed by atoms with Crippen molar-refractivity contribution in [2.45, 2.75) is 0 Å². The first-order valence-electron chi connectivity index (χ1n) is 12.8. The molecule has 2 aromatic heterocycles. The van der Waals surface area contributed by atoms with E-state index in [1.54, 1.807) is 0 Å². The van der Waals surface area contributed by atoms with E-state index < -0.39 is 0 Å². The lowest BCUT2D eigenvalue weighted by molar-refractivity contribution is 1.06. The van der Waals surface area contributed by atoms with Crippen LogP contribution in [-0.2, 0) is 0 Å². The van der Waals surface area contributed by atoms with E-state index in [2.05, 4.69) is 75.7 Å². The van der Waals surface area contributed by atoms with Crippen LogP contribution in [0.2, 0.25) is 0 Å². The molecule has 0 aliphatic rings. The van der Waals surface area contributed by atoms with Crippen LogP contribution >= 0.6 is 22.6 Å². The van der Waals surface area contributed by atoms with Gasteiger partial charge in [-0.3, -0.25) is 0 Å². The number of nitrogens with zero attached hydrogens (tertiary/aromatic N) is 5. The number of nitriles is 1. The summed E-state index contributed by atoms with van der Waals surface area (Å²) in [6.07, 6.45) is 0. The smallest absolute Gasteiger partial charge is 0.166 e. The van der Waals surface area contributed by atoms with Gasteiger partial charge in [0.05, 0.1) is 28.4 Å². The minimum atomic E-state index is 0.510. The molecule has 0 bridgehead atoms. The molecular formula is C34H20IN5. The highest BCUT2D eigenvalue weighted by Crippen LogP contribution is 2.37. The predicted molar refractivity (Wildman–Crippen MR) is 168 cm³/mol. The van der Waals surface area contributed by atoms with Gasteiger partial charge in [-0.2, -0.15) is 5.26 Å². The van der Waals surface area contributed by atoms with Gasteiger partial charge >= 0.3 is 0 Å². The average Bonchev–Trinajstić information content (AvgIpc) is 3.34. The minimum absolute atomic E-state index is 0.510. The van der Waals surface area contributed by atoms with Gasteiger partial charge in [0.1, 0.15) is 0 Å². The zero-order chi connectivity index (χ0) is 27.1. The molecule has 0 fully saturated rings. The second-order valence-electron chi connectivity index (χ2n) is 9.40. The summed E-state index contributed by atoms with van der Waals surface area (Å²) in [5.41, 5.74) is 6.14. The molecule has 0 radical (unpaired) electrons. The van der Waals surface area contributed by atoms with Gasteiger partial charge in [0, 0.05) is 31.0 Å². The molecule has 0 unspecified atom stereocenters. The number of hydrogen-bond acceptors (Lipinski definition) is 4. The summed E-state index contributed by atoms with van der Waals surface area (Å²) < 4.78 is 3.41. The molecule has 0 saturated carbocycles. The Morgan fingerprint density at radius 3 is 1.85 bits per heavy atom. The third-order valence-electron chi connectivity index (χ3n) is 6.94. The number of halogens is 1. The SMILES string of the molecule is N#Cc1ccc(-n2c3ccccc3c3cc(I)ccc32)c(-c2nc(-c3ccccc3)nc(-c3ccccc3)n2)c1. The van der Waals surface area contributed by atoms with Gasteiger partial charge in [-0.25, -0.2) is 15.0 Å². The standard InChI is InChI=1S/C34H20IN5/c35-25-16-18-30-27(20-25)26-13-7-8-14-29(26)40(30)31-17-15-22(21-36)19-28(31)34-38-32(23-9-3-1-4-10-23)37-33(39-34)24-11-5-2-6-12-24/h1-20H. The molecule has 188 valence electrons. The van der Waals surface area contributed by atoms with Crippen LogP contribution in [0.1, 0.15) is 5.56 Å². The molecule has 0 N–H and O–H groups in total. The molecule has 2 heterocycles. The molecule has 0 atom stereocenters. The first-order chi connectivity index (χ1) is 19.7. The van der Waals surface area contributed by atoms with Gasteiger partial charge in [0.25, 0.3) is 0 Å². The van der Waals surface area contributed by atoms with E-state index >= 15 is 0 Å². The average molecular weight is 625 g/mol. The van der Waals surface area contributed by atoms with Gasteiger partial charge in [-0.1, -0.05) is 78.9 Å². The Labute approximate surface area is 244 Å². The fraction of sp³-hybridized carbons (Fsp3) is 0. The number of hydrogen-bond donors (Lipinski definition) is 0. The van der Waals surface area contributed by atoms with E-state index in [9.17, 15) is 5.26 Å². The van der Waals surface area contributed by atoms with E-state index in [1.807, 2.05) is 78.9 Å². The Morgan fingerprint density at radius 2 is 1.18 bits per heavy atom. The molecule has 5 aromatic carbocycles. The van der Waals surface area contributed by atoms with E-state index in [-0.39, 0.29) is 0 Å². The predicted octanol–water partition coefficient (Wildman–Crippen LogP) is 8.45. The molecule has 0 saturated heterocycles. The molecule has 40 heavy (non-hydrogen) atoms.